The molecule has 0 spiro atoms. The van der Waals surface area contributed by atoms with Crippen LogP contribution in [0, 0.1) is 3.70 Å². The maximum atomic E-state index is 6.63. The molecule has 0 bridgehead atoms. The van der Waals surface area contributed by atoms with Gasteiger partial charge in [-0.15, -0.1) is 0 Å². The van der Waals surface area contributed by atoms with Gasteiger partial charge in [-0.3, -0.25) is 0 Å². The number of halogens is 2. The first-order valence-electron chi connectivity index (χ1n) is 11.8. The fourth-order valence-electron chi connectivity index (χ4n) is 4.86. The van der Waals surface area contributed by atoms with E-state index in [1.165, 1.54) is 0 Å². The van der Waals surface area contributed by atoms with E-state index < -0.39 is 5.54 Å². The summed E-state index contributed by atoms with van der Waals surface area (Å²) < 4.78 is 3.06. The molecule has 0 atom stereocenters. The van der Waals surface area contributed by atoms with Gasteiger partial charge in [0.25, 0.3) is 0 Å². The largest absolute Gasteiger partial charge is 0.317 e. The summed E-state index contributed by atoms with van der Waals surface area (Å²) in [7, 11) is 0. The maximum Gasteiger partial charge on any atom is 0.138 e. The lowest BCUT2D eigenvalue weighted by Crippen LogP contribution is -2.38. The van der Waals surface area contributed by atoms with Crippen LogP contribution in [0.15, 0.2) is 97.1 Å². The van der Waals surface area contributed by atoms with E-state index in [1.54, 1.807) is 0 Å². The van der Waals surface area contributed by atoms with Crippen molar-refractivity contribution in [1.29, 1.82) is 0 Å². The summed E-state index contributed by atoms with van der Waals surface area (Å²) in [4.78, 5) is 4.71. The van der Waals surface area contributed by atoms with E-state index >= 15 is 0 Å². The third-order valence-electron chi connectivity index (χ3n) is 6.35. The summed E-state index contributed by atoms with van der Waals surface area (Å²) in [5.74, 6) is 0. The highest BCUT2D eigenvalue weighted by Gasteiger charge is 2.41. The van der Waals surface area contributed by atoms with E-state index in [1.807, 2.05) is 6.07 Å². The van der Waals surface area contributed by atoms with Gasteiger partial charge >= 0.3 is 0 Å². The van der Waals surface area contributed by atoms with Crippen LogP contribution in [-0.4, -0.2) is 27.9 Å². The third kappa shape index (κ3) is 4.37. The van der Waals surface area contributed by atoms with Gasteiger partial charge in [0.15, 0.2) is 0 Å². The molecule has 176 valence electrons. The fraction of sp³-hybridized carbons (Fsp3) is 0.172. The number of benzene rings is 3. The highest BCUT2D eigenvalue weighted by atomic mass is 127. The van der Waals surface area contributed by atoms with E-state index in [0.717, 1.165) is 56.5 Å². The minimum absolute atomic E-state index is 0.477. The van der Waals surface area contributed by atoms with Gasteiger partial charge in [0.2, 0.25) is 0 Å². The molecule has 0 aliphatic carbocycles. The van der Waals surface area contributed by atoms with E-state index in [2.05, 4.69) is 131 Å². The highest BCUT2D eigenvalue weighted by Crippen LogP contribution is 2.43. The Balaban J connectivity index is 1.89. The average Bonchev–Trinajstić information content (AvgIpc) is 3.23. The lowest BCUT2D eigenvalue weighted by molar-refractivity contribution is 0.473. The van der Waals surface area contributed by atoms with Gasteiger partial charge in [0, 0.05) is 19.0 Å². The van der Waals surface area contributed by atoms with Crippen LogP contribution >= 0.6 is 34.2 Å². The van der Waals surface area contributed by atoms with Gasteiger partial charge in [0.1, 0.15) is 14.4 Å². The molecule has 2 heterocycles. The number of fused-ring (bicyclic) bond motifs is 1. The zero-order valence-electron chi connectivity index (χ0n) is 19.5. The molecule has 0 amide bonds. The molecule has 1 N–H and O–H groups in total. The summed E-state index contributed by atoms with van der Waals surface area (Å²) in [6.07, 6.45) is 0.779. The van der Waals surface area contributed by atoms with Crippen molar-refractivity contribution in [3.63, 3.8) is 0 Å². The second-order valence-electron chi connectivity index (χ2n) is 8.40. The van der Waals surface area contributed by atoms with Crippen molar-refractivity contribution in [2.24, 2.45) is 0 Å². The van der Waals surface area contributed by atoms with Crippen molar-refractivity contribution >= 4 is 45.1 Å². The normalized spacial score (nSPS) is 11.7. The van der Waals surface area contributed by atoms with Crippen molar-refractivity contribution in [2.45, 2.75) is 18.9 Å². The topological polar surface area (TPSA) is 42.7 Å². The average molecular weight is 593 g/mol. The number of pyridine rings is 1. The van der Waals surface area contributed by atoms with E-state index in [0.29, 0.717) is 5.15 Å². The number of likely N-dealkylation sites (N-methyl/N-ethyl adjacent to an activating group) is 1. The Hall–Kier alpha value is -2.74. The van der Waals surface area contributed by atoms with E-state index in [-0.39, 0.29) is 0 Å². The lowest BCUT2D eigenvalue weighted by atomic mass is 9.77. The quantitative estimate of drug-likeness (QED) is 0.0946. The van der Waals surface area contributed by atoms with Crippen molar-refractivity contribution < 1.29 is 0 Å². The fourth-order valence-corrected chi connectivity index (χ4v) is 5.87. The molecule has 5 aromatic rings. The lowest BCUT2D eigenvalue weighted by Gasteiger charge is -2.37. The zero-order chi connectivity index (χ0) is 24.3. The van der Waals surface area contributed by atoms with Gasteiger partial charge < -0.3 is 5.32 Å². The minimum Gasteiger partial charge on any atom is -0.317 e. The maximum absolute atomic E-state index is 6.63. The Bertz CT molecular complexity index is 1320. The molecular weight excluding hydrogens is 567 g/mol. The molecule has 4 nitrogen and oxygen atoms in total. The number of rotatable bonds is 8. The van der Waals surface area contributed by atoms with Crippen LogP contribution in [0.1, 0.15) is 29.3 Å². The molecule has 35 heavy (non-hydrogen) atoms. The first kappa shape index (κ1) is 24.0. The third-order valence-corrected chi connectivity index (χ3v) is 7.29. The van der Waals surface area contributed by atoms with Crippen molar-refractivity contribution in [2.75, 3.05) is 13.1 Å². The van der Waals surface area contributed by atoms with Crippen LogP contribution in [0.3, 0.4) is 0 Å². The van der Waals surface area contributed by atoms with Crippen LogP contribution in [0.2, 0.25) is 5.15 Å². The number of hydrogen-bond donors (Lipinski definition) is 1. The molecule has 2 aromatic heterocycles. The molecule has 6 heteroatoms. The highest BCUT2D eigenvalue weighted by molar-refractivity contribution is 14.1. The number of aromatic nitrogens is 3. The summed E-state index contributed by atoms with van der Waals surface area (Å²) in [6.45, 7) is 3.86. The Labute approximate surface area is 224 Å². The smallest absolute Gasteiger partial charge is 0.138 e. The minimum atomic E-state index is -0.699. The summed E-state index contributed by atoms with van der Waals surface area (Å²) in [5.41, 5.74) is 4.61. The van der Waals surface area contributed by atoms with Crippen LogP contribution in [0.5, 0.6) is 0 Å². The molecule has 0 radical (unpaired) electrons. The summed E-state index contributed by atoms with van der Waals surface area (Å²) >= 11 is 8.97. The molecule has 0 aliphatic heterocycles. The molecule has 0 saturated heterocycles. The monoisotopic (exact) mass is 592 g/mol. The predicted octanol–water partition coefficient (Wildman–Crippen LogP) is 6.68. The van der Waals surface area contributed by atoms with Crippen molar-refractivity contribution in [1.82, 2.24) is 20.1 Å². The number of nitrogens with one attached hydrogen (secondary N) is 1. The van der Waals surface area contributed by atoms with Crippen LogP contribution in [0.25, 0.3) is 10.9 Å². The van der Waals surface area contributed by atoms with Gasteiger partial charge in [0.05, 0.1) is 16.6 Å². The van der Waals surface area contributed by atoms with Gasteiger partial charge in [-0.25, -0.2) is 9.67 Å². The SMILES string of the molecule is CCNCCc1nc(Cl)cc2c1c(I)nn2C(c1ccccc1)(c1ccccc1)c1ccccc1. The zero-order valence-corrected chi connectivity index (χ0v) is 22.4. The molecule has 0 saturated carbocycles. The van der Waals surface area contributed by atoms with E-state index in [4.69, 9.17) is 21.7 Å². The molecule has 5 rings (SSSR count). The van der Waals surface area contributed by atoms with E-state index in [9.17, 15) is 0 Å². The Morgan fingerprint density at radius 3 is 1.86 bits per heavy atom. The number of hydrogen-bond acceptors (Lipinski definition) is 3. The molecule has 3 aromatic carbocycles. The van der Waals surface area contributed by atoms with Crippen LogP contribution in [-0.2, 0) is 12.0 Å². The standard InChI is InChI=1S/C29H26ClIN4/c1-2-32-19-18-24-27-25(20-26(30)33-24)35(34-28(27)31)29(21-12-6-3-7-13-21,22-14-8-4-9-15-22)23-16-10-5-11-17-23/h3-17,20,32H,2,18-19H2,1H3. The van der Waals surface area contributed by atoms with Gasteiger partial charge in [-0.2, -0.15) is 5.10 Å². The van der Waals surface area contributed by atoms with Crippen LogP contribution < -0.4 is 5.32 Å². The van der Waals surface area contributed by atoms with Gasteiger partial charge in [-0.05, 0) is 45.8 Å². The first-order chi connectivity index (χ1) is 17.2. The Morgan fingerprint density at radius 2 is 1.37 bits per heavy atom. The molecular formula is C29H26ClIN4. The predicted molar refractivity (Wildman–Crippen MR) is 152 cm³/mol. The molecule has 0 fully saturated rings. The second kappa shape index (κ2) is 10.5. The van der Waals surface area contributed by atoms with Gasteiger partial charge in [-0.1, -0.05) is 110 Å². The Kier molecular flexibility index (Phi) is 7.18. The number of nitrogens with zero attached hydrogens (tertiary/aromatic N) is 3. The summed E-state index contributed by atoms with van der Waals surface area (Å²) in [5, 5.41) is 10.1. The first-order valence-corrected chi connectivity index (χ1v) is 13.2. The van der Waals surface area contributed by atoms with Crippen LogP contribution in [0.4, 0.5) is 0 Å². The Morgan fingerprint density at radius 1 is 0.857 bits per heavy atom. The molecule has 0 unspecified atom stereocenters. The van der Waals surface area contributed by atoms with Crippen molar-refractivity contribution in [3.05, 3.63) is 128 Å². The molecule has 0 aliphatic rings. The summed E-state index contributed by atoms with van der Waals surface area (Å²) in [6, 6.07) is 33.7. The van der Waals surface area contributed by atoms with Crippen molar-refractivity contribution in [3.8, 4) is 0 Å². The second-order valence-corrected chi connectivity index (χ2v) is 9.81.